The maximum absolute atomic E-state index is 11.4. The average molecular weight is 238 g/mol. The zero-order valence-electron chi connectivity index (χ0n) is 11.9. The van der Waals surface area contributed by atoms with E-state index in [-0.39, 0.29) is 11.9 Å². The van der Waals surface area contributed by atoms with Crippen molar-refractivity contribution in [3.63, 3.8) is 0 Å². The Morgan fingerprint density at radius 2 is 1.88 bits per heavy atom. The van der Waals surface area contributed by atoms with Gasteiger partial charge in [-0.15, -0.1) is 0 Å². The van der Waals surface area contributed by atoms with Crippen LogP contribution >= 0.6 is 0 Å². The molecule has 0 aromatic rings. The van der Waals surface area contributed by atoms with Crippen LogP contribution in [-0.2, 0) is 9.53 Å². The summed E-state index contributed by atoms with van der Waals surface area (Å²) in [6.07, 6.45) is 7.15. The van der Waals surface area contributed by atoms with Gasteiger partial charge in [-0.3, -0.25) is 4.79 Å². The molecule has 1 atom stereocenters. The molecule has 0 fully saturated rings. The van der Waals surface area contributed by atoms with Crippen molar-refractivity contribution in [3.05, 3.63) is 23.3 Å². The van der Waals surface area contributed by atoms with Gasteiger partial charge in [0.25, 0.3) is 0 Å². The van der Waals surface area contributed by atoms with Crippen molar-refractivity contribution >= 4 is 5.97 Å². The molecule has 0 spiro atoms. The summed E-state index contributed by atoms with van der Waals surface area (Å²) in [5, 5.41) is 0. The summed E-state index contributed by atoms with van der Waals surface area (Å²) >= 11 is 0. The quantitative estimate of drug-likeness (QED) is 0.489. The van der Waals surface area contributed by atoms with Gasteiger partial charge in [-0.05, 0) is 46.1 Å². The average Bonchev–Trinajstić information content (AvgIpc) is 2.27. The van der Waals surface area contributed by atoms with Gasteiger partial charge in [0.2, 0.25) is 0 Å². The lowest BCUT2D eigenvalue weighted by atomic mass is 10.1. The number of rotatable bonds is 7. The molecule has 0 radical (unpaired) electrons. The van der Waals surface area contributed by atoms with Crippen molar-refractivity contribution in [1.29, 1.82) is 0 Å². The summed E-state index contributed by atoms with van der Waals surface area (Å²) in [6.45, 7) is 10.6. The van der Waals surface area contributed by atoms with E-state index in [1.165, 1.54) is 11.1 Å². The second-order valence-corrected chi connectivity index (χ2v) is 4.81. The van der Waals surface area contributed by atoms with Gasteiger partial charge in [-0.1, -0.05) is 31.1 Å². The van der Waals surface area contributed by atoms with Gasteiger partial charge in [0.05, 0.1) is 5.92 Å². The lowest BCUT2D eigenvalue weighted by Crippen LogP contribution is -2.13. The number of esters is 1. The van der Waals surface area contributed by atoms with E-state index in [0.29, 0.717) is 6.61 Å². The van der Waals surface area contributed by atoms with Gasteiger partial charge in [0, 0.05) is 0 Å². The second kappa shape index (κ2) is 9.03. The molecule has 0 aliphatic rings. The molecule has 1 unspecified atom stereocenters. The van der Waals surface area contributed by atoms with E-state index in [1.54, 1.807) is 0 Å². The number of carbonyl (C=O) groups is 1. The summed E-state index contributed by atoms with van der Waals surface area (Å²) in [7, 11) is 0. The molecule has 0 saturated heterocycles. The van der Waals surface area contributed by atoms with Crippen LogP contribution in [0.4, 0.5) is 0 Å². The van der Waals surface area contributed by atoms with Gasteiger partial charge in [0.15, 0.2) is 0 Å². The fourth-order valence-corrected chi connectivity index (χ4v) is 1.27. The van der Waals surface area contributed by atoms with E-state index in [0.717, 1.165) is 19.3 Å². The van der Waals surface area contributed by atoms with Gasteiger partial charge in [0.1, 0.15) is 6.61 Å². The van der Waals surface area contributed by atoms with Gasteiger partial charge < -0.3 is 4.74 Å². The van der Waals surface area contributed by atoms with E-state index in [9.17, 15) is 4.79 Å². The molecule has 98 valence electrons. The first-order chi connectivity index (χ1) is 7.97. The van der Waals surface area contributed by atoms with Crippen LogP contribution in [0, 0.1) is 5.92 Å². The minimum absolute atomic E-state index is 0.00869. The Morgan fingerprint density at radius 3 is 2.41 bits per heavy atom. The molecule has 2 nitrogen and oxygen atoms in total. The first kappa shape index (κ1) is 16.0. The Kier molecular flexibility index (Phi) is 8.47. The van der Waals surface area contributed by atoms with Crippen molar-refractivity contribution in [1.82, 2.24) is 0 Å². The number of hydrogen-bond donors (Lipinski definition) is 0. The summed E-state index contributed by atoms with van der Waals surface area (Å²) in [5.74, 6) is -0.0878. The molecule has 0 saturated carbocycles. The molecular formula is C15H26O2. The molecule has 2 heteroatoms. The van der Waals surface area contributed by atoms with Crippen LogP contribution in [0.15, 0.2) is 23.3 Å². The Morgan fingerprint density at radius 1 is 1.24 bits per heavy atom. The highest BCUT2D eigenvalue weighted by molar-refractivity contribution is 5.71. The van der Waals surface area contributed by atoms with E-state index in [4.69, 9.17) is 4.74 Å². The predicted molar refractivity (Wildman–Crippen MR) is 72.8 cm³/mol. The summed E-state index contributed by atoms with van der Waals surface area (Å²) < 4.78 is 5.16. The molecule has 0 aromatic heterocycles. The molecule has 0 aromatic carbocycles. The summed E-state index contributed by atoms with van der Waals surface area (Å²) in [6, 6.07) is 0. The molecule has 17 heavy (non-hydrogen) atoms. The third kappa shape index (κ3) is 8.73. The van der Waals surface area contributed by atoms with Crippen molar-refractivity contribution in [3.8, 4) is 0 Å². The normalized spacial score (nSPS) is 13.1. The van der Waals surface area contributed by atoms with Crippen molar-refractivity contribution < 1.29 is 9.53 Å². The topological polar surface area (TPSA) is 26.3 Å². The number of carbonyl (C=O) groups excluding carboxylic acids is 1. The standard InChI is InChI=1S/C15H26O2/c1-6-14(5)15(16)17-11-10-13(4)9-7-8-12(2)3/h8,10,14H,6-7,9,11H2,1-5H3. The van der Waals surface area contributed by atoms with E-state index >= 15 is 0 Å². The van der Waals surface area contributed by atoms with Gasteiger partial charge >= 0.3 is 5.97 Å². The van der Waals surface area contributed by atoms with Crippen LogP contribution in [0.25, 0.3) is 0 Å². The largest absolute Gasteiger partial charge is 0.461 e. The maximum Gasteiger partial charge on any atom is 0.308 e. The smallest absolute Gasteiger partial charge is 0.308 e. The summed E-state index contributed by atoms with van der Waals surface area (Å²) in [5.41, 5.74) is 2.63. The SMILES string of the molecule is CCC(C)C(=O)OCC=C(C)CCC=C(C)C. The third-order valence-corrected chi connectivity index (χ3v) is 2.76. The molecule has 0 heterocycles. The Hall–Kier alpha value is -1.05. The van der Waals surface area contributed by atoms with Crippen LogP contribution in [0.5, 0.6) is 0 Å². The maximum atomic E-state index is 11.4. The van der Waals surface area contributed by atoms with Crippen molar-refractivity contribution in [2.45, 2.75) is 53.9 Å². The molecule has 0 aliphatic carbocycles. The van der Waals surface area contributed by atoms with Crippen molar-refractivity contribution in [2.24, 2.45) is 5.92 Å². The molecular weight excluding hydrogens is 212 g/mol. The van der Waals surface area contributed by atoms with Gasteiger partial charge in [-0.2, -0.15) is 0 Å². The highest BCUT2D eigenvalue weighted by atomic mass is 16.5. The van der Waals surface area contributed by atoms with Crippen LogP contribution in [-0.4, -0.2) is 12.6 Å². The fourth-order valence-electron chi connectivity index (χ4n) is 1.27. The Bertz CT molecular complexity index is 283. The number of ether oxygens (including phenoxy) is 1. The van der Waals surface area contributed by atoms with Crippen molar-refractivity contribution in [2.75, 3.05) is 6.61 Å². The molecule has 0 bridgehead atoms. The zero-order valence-corrected chi connectivity index (χ0v) is 11.9. The van der Waals surface area contributed by atoms with Crippen LogP contribution in [0.1, 0.15) is 53.9 Å². The van der Waals surface area contributed by atoms with Crippen LogP contribution in [0.3, 0.4) is 0 Å². The minimum Gasteiger partial charge on any atom is -0.461 e. The number of allylic oxidation sites excluding steroid dienone is 3. The highest BCUT2D eigenvalue weighted by Gasteiger charge is 2.10. The molecule has 0 aliphatic heterocycles. The first-order valence-corrected chi connectivity index (χ1v) is 6.43. The molecule has 0 N–H and O–H groups in total. The number of hydrogen-bond acceptors (Lipinski definition) is 2. The third-order valence-electron chi connectivity index (χ3n) is 2.76. The Balaban J connectivity index is 3.84. The fraction of sp³-hybridized carbons (Fsp3) is 0.667. The Labute approximate surface area is 106 Å². The van der Waals surface area contributed by atoms with Crippen LogP contribution in [0.2, 0.25) is 0 Å². The lowest BCUT2D eigenvalue weighted by molar-refractivity contribution is -0.146. The summed E-state index contributed by atoms with van der Waals surface area (Å²) in [4.78, 5) is 11.4. The van der Waals surface area contributed by atoms with E-state index in [2.05, 4.69) is 26.8 Å². The first-order valence-electron chi connectivity index (χ1n) is 6.43. The minimum atomic E-state index is -0.0964. The van der Waals surface area contributed by atoms with E-state index < -0.39 is 0 Å². The second-order valence-electron chi connectivity index (χ2n) is 4.81. The van der Waals surface area contributed by atoms with E-state index in [1.807, 2.05) is 19.9 Å². The monoisotopic (exact) mass is 238 g/mol. The predicted octanol–water partition coefficient (Wildman–Crippen LogP) is 4.27. The van der Waals surface area contributed by atoms with Crippen LogP contribution < -0.4 is 0 Å². The zero-order chi connectivity index (χ0) is 13.3. The molecule has 0 amide bonds. The molecule has 0 rings (SSSR count). The highest BCUT2D eigenvalue weighted by Crippen LogP contribution is 2.07. The lowest BCUT2D eigenvalue weighted by Gasteiger charge is -2.07. The van der Waals surface area contributed by atoms with Gasteiger partial charge in [-0.25, -0.2) is 0 Å².